The molecule has 0 spiro atoms. The van der Waals surface area contributed by atoms with Crippen LogP contribution in [0.3, 0.4) is 0 Å². The Morgan fingerprint density at radius 1 is 1.05 bits per heavy atom. The Balaban J connectivity index is 2.00. The Labute approximate surface area is 126 Å². The lowest BCUT2D eigenvalue weighted by Gasteiger charge is -2.17. The maximum atomic E-state index is 12.2. The summed E-state index contributed by atoms with van der Waals surface area (Å²) in [5, 5.41) is 12.5. The molecule has 1 atom stereocenters. The summed E-state index contributed by atoms with van der Waals surface area (Å²) in [5.41, 5.74) is 1.55. The normalized spacial score (nSPS) is 12.9. The zero-order valence-electron chi connectivity index (χ0n) is 11.7. The maximum Gasteiger partial charge on any atom is 0.573 e. The number of halogens is 3. The van der Waals surface area contributed by atoms with Crippen molar-refractivity contribution in [1.29, 1.82) is 0 Å². The van der Waals surface area contributed by atoms with E-state index in [1.54, 1.807) is 6.07 Å². The van der Waals surface area contributed by atoms with Crippen LogP contribution in [0.15, 0.2) is 54.6 Å². The summed E-state index contributed by atoms with van der Waals surface area (Å²) in [6.45, 7) is 0.206. The highest BCUT2D eigenvalue weighted by Crippen LogP contribution is 2.23. The molecule has 2 aromatic carbocycles. The Hall–Kier alpha value is -2.05. The van der Waals surface area contributed by atoms with Gasteiger partial charge in [0.05, 0.1) is 12.6 Å². The second kappa shape index (κ2) is 7.29. The largest absolute Gasteiger partial charge is 0.573 e. The number of nitrogens with one attached hydrogen (secondary N) is 1. The molecule has 0 fully saturated rings. The summed E-state index contributed by atoms with van der Waals surface area (Å²) in [6.07, 6.45) is -4.70. The number of rotatable bonds is 6. The molecule has 6 heteroatoms. The first-order chi connectivity index (χ1) is 10.5. The lowest BCUT2D eigenvalue weighted by Crippen LogP contribution is -2.24. The van der Waals surface area contributed by atoms with E-state index in [1.165, 1.54) is 18.2 Å². The predicted octanol–water partition coefficient (Wildman–Crippen LogP) is 3.41. The Bertz CT molecular complexity index is 587. The van der Waals surface area contributed by atoms with Crippen molar-refractivity contribution in [3.05, 3.63) is 65.7 Å². The highest BCUT2D eigenvalue weighted by Gasteiger charge is 2.31. The quantitative estimate of drug-likeness (QED) is 0.859. The molecule has 0 aromatic heterocycles. The van der Waals surface area contributed by atoms with Crippen LogP contribution in [0.25, 0.3) is 0 Å². The van der Waals surface area contributed by atoms with Gasteiger partial charge >= 0.3 is 6.36 Å². The van der Waals surface area contributed by atoms with Crippen LogP contribution in [0, 0.1) is 0 Å². The fourth-order valence-corrected chi connectivity index (χ4v) is 2.07. The summed E-state index contributed by atoms with van der Waals surface area (Å²) in [6, 6.07) is 14.8. The summed E-state index contributed by atoms with van der Waals surface area (Å²) in [7, 11) is 0. The Morgan fingerprint density at radius 3 is 2.41 bits per heavy atom. The first kappa shape index (κ1) is 16.3. The lowest BCUT2D eigenvalue weighted by atomic mass is 10.1. The van der Waals surface area contributed by atoms with Crippen molar-refractivity contribution < 1.29 is 23.0 Å². The van der Waals surface area contributed by atoms with Gasteiger partial charge in [0, 0.05) is 6.54 Å². The van der Waals surface area contributed by atoms with Gasteiger partial charge in [-0.1, -0.05) is 42.5 Å². The molecule has 0 saturated heterocycles. The fourth-order valence-electron chi connectivity index (χ4n) is 2.07. The van der Waals surface area contributed by atoms with E-state index < -0.39 is 6.36 Å². The van der Waals surface area contributed by atoms with E-state index in [1.807, 2.05) is 30.3 Å². The Kier molecular flexibility index (Phi) is 5.41. The zero-order valence-corrected chi connectivity index (χ0v) is 11.7. The van der Waals surface area contributed by atoms with Gasteiger partial charge in [0.15, 0.2) is 0 Å². The van der Waals surface area contributed by atoms with E-state index >= 15 is 0 Å². The van der Waals surface area contributed by atoms with Crippen LogP contribution in [-0.4, -0.2) is 18.1 Å². The summed E-state index contributed by atoms with van der Waals surface area (Å²) >= 11 is 0. The third-order valence-electron chi connectivity index (χ3n) is 3.07. The molecule has 2 aromatic rings. The minimum Gasteiger partial charge on any atom is -0.406 e. The minimum atomic E-state index is -4.70. The number of alkyl halides is 3. The van der Waals surface area contributed by atoms with Crippen molar-refractivity contribution in [3.63, 3.8) is 0 Å². The molecule has 22 heavy (non-hydrogen) atoms. The minimum absolute atomic E-state index is 0.108. The Morgan fingerprint density at radius 2 is 1.77 bits per heavy atom. The topological polar surface area (TPSA) is 41.5 Å². The number of aliphatic hydroxyl groups excluding tert-OH is 1. The molecule has 0 aliphatic rings. The van der Waals surface area contributed by atoms with Gasteiger partial charge in [0.1, 0.15) is 5.75 Å². The highest BCUT2D eigenvalue weighted by atomic mass is 19.4. The molecule has 2 N–H and O–H groups in total. The van der Waals surface area contributed by atoms with Crippen molar-refractivity contribution >= 4 is 0 Å². The van der Waals surface area contributed by atoms with Crippen molar-refractivity contribution in [1.82, 2.24) is 5.32 Å². The molecule has 0 bridgehead atoms. The average Bonchev–Trinajstić information content (AvgIpc) is 2.48. The third kappa shape index (κ3) is 5.05. The van der Waals surface area contributed by atoms with Crippen LogP contribution in [0.4, 0.5) is 13.2 Å². The molecule has 0 amide bonds. The molecular formula is C16H16F3NO2. The van der Waals surface area contributed by atoms with Gasteiger partial charge in [-0.2, -0.15) is 0 Å². The van der Waals surface area contributed by atoms with E-state index in [9.17, 15) is 18.3 Å². The van der Waals surface area contributed by atoms with Gasteiger partial charge in [-0.05, 0) is 23.3 Å². The monoisotopic (exact) mass is 311 g/mol. The van der Waals surface area contributed by atoms with Crippen molar-refractivity contribution in [2.24, 2.45) is 0 Å². The van der Waals surface area contributed by atoms with Crippen molar-refractivity contribution in [2.75, 3.05) is 6.61 Å². The van der Waals surface area contributed by atoms with Crippen LogP contribution in [-0.2, 0) is 6.54 Å². The second-order valence-corrected chi connectivity index (χ2v) is 4.72. The molecule has 2 rings (SSSR count). The third-order valence-corrected chi connectivity index (χ3v) is 3.07. The van der Waals surface area contributed by atoms with E-state index in [0.29, 0.717) is 12.1 Å². The molecule has 0 aliphatic carbocycles. The number of benzene rings is 2. The van der Waals surface area contributed by atoms with Crippen LogP contribution in [0.2, 0.25) is 0 Å². The van der Waals surface area contributed by atoms with Gasteiger partial charge in [-0.15, -0.1) is 13.2 Å². The maximum absolute atomic E-state index is 12.2. The number of aliphatic hydroxyl groups is 1. The van der Waals surface area contributed by atoms with Crippen LogP contribution in [0.5, 0.6) is 5.75 Å². The van der Waals surface area contributed by atoms with E-state index in [0.717, 1.165) is 5.56 Å². The van der Waals surface area contributed by atoms with Gasteiger partial charge in [-0.3, -0.25) is 0 Å². The highest BCUT2D eigenvalue weighted by molar-refractivity contribution is 5.29. The van der Waals surface area contributed by atoms with Gasteiger partial charge in [0.2, 0.25) is 0 Å². The SMILES string of the molecule is OCC(NCc1cccc(OC(F)(F)F)c1)c1ccccc1. The van der Waals surface area contributed by atoms with Crippen molar-refractivity contribution in [2.45, 2.75) is 18.9 Å². The standard InChI is InChI=1S/C16H16F3NO2/c17-16(18,19)22-14-8-4-5-12(9-14)10-20-15(11-21)13-6-2-1-3-7-13/h1-9,15,20-21H,10-11H2. The second-order valence-electron chi connectivity index (χ2n) is 4.72. The fraction of sp³-hybridized carbons (Fsp3) is 0.250. The molecular weight excluding hydrogens is 295 g/mol. The molecule has 0 heterocycles. The molecule has 1 unspecified atom stereocenters. The van der Waals surface area contributed by atoms with Crippen molar-refractivity contribution in [3.8, 4) is 5.75 Å². The first-order valence-electron chi connectivity index (χ1n) is 6.72. The summed E-state index contributed by atoms with van der Waals surface area (Å²) < 4.78 is 40.5. The molecule has 0 aliphatic heterocycles. The van der Waals surface area contributed by atoms with Gasteiger partial charge < -0.3 is 15.2 Å². The van der Waals surface area contributed by atoms with E-state index in [2.05, 4.69) is 10.1 Å². The van der Waals surface area contributed by atoms with Crippen LogP contribution in [0.1, 0.15) is 17.2 Å². The van der Waals surface area contributed by atoms with Crippen LogP contribution >= 0.6 is 0 Å². The number of hydrogen-bond acceptors (Lipinski definition) is 3. The zero-order chi connectivity index (χ0) is 16.0. The molecule has 3 nitrogen and oxygen atoms in total. The predicted molar refractivity (Wildman–Crippen MR) is 76.2 cm³/mol. The lowest BCUT2D eigenvalue weighted by molar-refractivity contribution is -0.274. The van der Waals surface area contributed by atoms with Gasteiger partial charge in [0.25, 0.3) is 0 Å². The van der Waals surface area contributed by atoms with Crippen LogP contribution < -0.4 is 10.1 Å². The van der Waals surface area contributed by atoms with E-state index in [-0.39, 0.29) is 18.4 Å². The summed E-state index contributed by atoms with van der Waals surface area (Å²) in [4.78, 5) is 0. The molecule has 0 radical (unpaired) electrons. The van der Waals surface area contributed by atoms with Gasteiger partial charge in [-0.25, -0.2) is 0 Å². The summed E-state index contributed by atoms with van der Waals surface area (Å²) in [5.74, 6) is -0.257. The average molecular weight is 311 g/mol. The first-order valence-corrected chi connectivity index (χ1v) is 6.72. The number of ether oxygens (including phenoxy) is 1. The molecule has 118 valence electrons. The smallest absolute Gasteiger partial charge is 0.406 e. The molecule has 0 saturated carbocycles. The van der Waals surface area contributed by atoms with E-state index in [4.69, 9.17) is 0 Å². The number of hydrogen-bond donors (Lipinski definition) is 2.